The molecule has 0 aliphatic rings. The summed E-state index contributed by atoms with van der Waals surface area (Å²) >= 11 is 0. The quantitative estimate of drug-likeness (QED) is 0.704. The zero-order valence-electron chi connectivity index (χ0n) is 12.5. The number of aryl methyl sites for hydroxylation is 1. The van der Waals surface area contributed by atoms with Crippen molar-refractivity contribution < 1.29 is 10.2 Å². The summed E-state index contributed by atoms with van der Waals surface area (Å²) in [5.41, 5.74) is 1.53. The molecule has 0 spiro atoms. The summed E-state index contributed by atoms with van der Waals surface area (Å²) in [6, 6.07) is 8.17. The van der Waals surface area contributed by atoms with Gasteiger partial charge in [0.1, 0.15) is 0 Å². The molecule has 108 valence electrons. The molecule has 1 aromatic rings. The van der Waals surface area contributed by atoms with Crippen LogP contribution in [0.3, 0.4) is 0 Å². The van der Waals surface area contributed by atoms with Gasteiger partial charge in [0.25, 0.3) is 0 Å². The average molecular weight is 264 g/mol. The van der Waals surface area contributed by atoms with E-state index >= 15 is 0 Å². The highest BCUT2D eigenvalue weighted by Gasteiger charge is 2.19. The second kappa shape index (κ2) is 7.66. The zero-order chi connectivity index (χ0) is 14.3. The standard InChI is InChI=1S/C17H28O2/c1-14(8-6-7-13-18)11-12-15-9-4-5-10-16(15)17(2,3)19/h4-5,9-10,14,18-19H,6-8,11-13H2,1-3H3. The summed E-state index contributed by atoms with van der Waals surface area (Å²) in [6.07, 6.45) is 5.33. The van der Waals surface area contributed by atoms with Crippen molar-refractivity contribution in [3.8, 4) is 0 Å². The molecule has 0 heterocycles. The minimum absolute atomic E-state index is 0.300. The fourth-order valence-corrected chi connectivity index (χ4v) is 2.49. The Bertz CT molecular complexity index is 366. The maximum atomic E-state index is 10.2. The number of hydrogen-bond donors (Lipinski definition) is 2. The number of aliphatic hydroxyl groups excluding tert-OH is 1. The lowest BCUT2D eigenvalue weighted by Gasteiger charge is -2.22. The van der Waals surface area contributed by atoms with Crippen molar-refractivity contribution >= 4 is 0 Å². The number of benzene rings is 1. The summed E-state index contributed by atoms with van der Waals surface area (Å²) in [5, 5.41) is 19.0. The van der Waals surface area contributed by atoms with Crippen molar-refractivity contribution in [2.75, 3.05) is 6.61 Å². The Hall–Kier alpha value is -0.860. The minimum atomic E-state index is -0.767. The summed E-state index contributed by atoms with van der Waals surface area (Å²) in [6.45, 7) is 6.26. The molecule has 0 bridgehead atoms. The molecule has 1 aromatic carbocycles. The van der Waals surface area contributed by atoms with Crippen LogP contribution in [0.1, 0.15) is 57.6 Å². The smallest absolute Gasteiger partial charge is 0.0843 e. The molecule has 2 N–H and O–H groups in total. The Morgan fingerprint density at radius 2 is 1.79 bits per heavy atom. The first-order valence-electron chi connectivity index (χ1n) is 7.36. The normalized spacial score (nSPS) is 13.5. The van der Waals surface area contributed by atoms with Gasteiger partial charge in [-0.05, 0) is 50.2 Å². The van der Waals surface area contributed by atoms with E-state index in [1.165, 1.54) is 12.0 Å². The van der Waals surface area contributed by atoms with E-state index in [0.717, 1.165) is 31.2 Å². The largest absolute Gasteiger partial charge is 0.396 e. The third-order valence-corrected chi connectivity index (χ3v) is 3.69. The molecule has 0 aromatic heterocycles. The highest BCUT2D eigenvalue weighted by molar-refractivity contribution is 5.31. The molecule has 1 unspecified atom stereocenters. The molecule has 0 saturated heterocycles. The molecule has 0 saturated carbocycles. The van der Waals surface area contributed by atoms with Crippen LogP contribution in [0, 0.1) is 5.92 Å². The van der Waals surface area contributed by atoms with E-state index < -0.39 is 5.60 Å². The van der Waals surface area contributed by atoms with Gasteiger partial charge in [0.2, 0.25) is 0 Å². The van der Waals surface area contributed by atoms with Crippen molar-refractivity contribution in [2.45, 2.75) is 58.5 Å². The van der Waals surface area contributed by atoms with Crippen LogP contribution < -0.4 is 0 Å². The monoisotopic (exact) mass is 264 g/mol. The summed E-state index contributed by atoms with van der Waals surface area (Å²) in [4.78, 5) is 0. The molecule has 0 radical (unpaired) electrons. The Labute approximate surface area is 117 Å². The Morgan fingerprint density at radius 3 is 2.42 bits per heavy atom. The van der Waals surface area contributed by atoms with E-state index in [-0.39, 0.29) is 0 Å². The lowest BCUT2D eigenvalue weighted by atomic mass is 9.88. The Morgan fingerprint density at radius 1 is 1.11 bits per heavy atom. The van der Waals surface area contributed by atoms with Crippen molar-refractivity contribution in [3.63, 3.8) is 0 Å². The first-order valence-corrected chi connectivity index (χ1v) is 7.36. The van der Waals surface area contributed by atoms with Gasteiger partial charge in [-0.15, -0.1) is 0 Å². The van der Waals surface area contributed by atoms with E-state index in [2.05, 4.69) is 13.0 Å². The lowest BCUT2D eigenvalue weighted by Crippen LogP contribution is -2.18. The van der Waals surface area contributed by atoms with Crippen LogP contribution in [-0.4, -0.2) is 16.8 Å². The van der Waals surface area contributed by atoms with Crippen molar-refractivity contribution in [2.24, 2.45) is 5.92 Å². The SMILES string of the molecule is CC(CCCCO)CCc1ccccc1C(C)(C)O. The topological polar surface area (TPSA) is 40.5 Å². The van der Waals surface area contributed by atoms with Gasteiger partial charge < -0.3 is 10.2 Å². The molecule has 2 nitrogen and oxygen atoms in total. The number of unbranched alkanes of at least 4 members (excludes halogenated alkanes) is 1. The molecule has 2 heteroatoms. The molecule has 1 atom stereocenters. The van der Waals surface area contributed by atoms with Gasteiger partial charge in [0, 0.05) is 6.61 Å². The van der Waals surface area contributed by atoms with Crippen LogP contribution in [-0.2, 0) is 12.0 Å². The second-order valence-corrected chi connectivity index (χ2v) is 6.08. The predicted molar refractivity (Wildman–Crippen MR) is 80.1 cm³/mol. The van der Waals surface area contributed by atoms with Gasteiger partial charge in [-0.3, -0.25) is 0 Å². The number of hydrogen-bond acceptors (Lipinski definition) is 2. The van der Waals surface area contributed by atoms with Gasteiger partial charge >= 0.3 is 0 Å². The van der Waals surface area contributed by atoms with Gasteiger partial charge in [-0.1, -0.05) is 44.0 Å². The minimum Gasteiger partial charge on any atom is -0.396 e. The highest BCUT2D eigenvalue weighted by Crippen LogP contribution is 2.26. The predicted octanol–water partition coefficient (Wildman–Crippen LogP) is 3.65. The van der Waals surface area contributed by atoms with Crippen LogP contribution in [0.5, 0.6) is 0 Å². The van der Waals surface area contributed by atoms with Crippen molar-refractivity contribution in [1.29, 1.82) is 0 Å². The average Bonchev–Trinajstić information content (AvgIpc) is 2.36. The third-order valence-electron chi connectivity index (χ3n) is 3.69. The Kier molecular flexibility index (Phi) is 6.53. The van der Waals surface area contributed by atoms with Crippen LogP contribution in [0.4, 0.5) is 0 Å². The van der Waals surface area contributed by atoms with Crippen molar-refractivity contribution in [3.05, 3.63) is 35.4 Å². The highest BCUT2D eigenvalue weighted by atomic mass is 16.3. The molecular formula is C17H28O2. The molecule has 0 aliphatic carbocycles. The molecule has 0 amide bonds. The number of rotatable bonds is 8. The fourth-order valence-electron chi connectivity index (χ4n) is 2.49. The molecule has 1 rings (SSSR count). The van der Waals surface area contributed by atoms with Crippen LogP contribution in [0.25, 0.3) is 0 Å². The maximum absolute atomic E-state index is 10.2. The van der Waals surface area contributed by atoms with E-state index in [0.29, 0.717) is 12.5 Å². The summed E-state index contributed by atoms with van der Waals surface area (Å²) in [7, 11) is 0. The van der Waals surface area contributed by atoms with Crippen LogP contribution in [0.15, 0.2) is 24.3 Å². The van der Waals surface area contributed by atoms with Gasteiger partial charge in [0.05, 0.1) is 5.60 Å². The van der Waals surface area contributed by atoms with Crippen LogP contribution >= 0.6 is 0 Å². The van der Waals surface area contributed by atoms with E-state index in [4.69, 9.17) is 5.11 Å². The zero-order valence-corrected chi connectivity index (χ0v) is 12.5. The van der Waals surface area contributed by atoms with Gasteiger partial charge in [-0.25, -0.2) is 0 Å². The lowest BCUT2D eigenvalue weighted by molar-refractivity contribution is 0.0775. The van der Waals surface area contributed by atoms with Crippen LogP contribution in [0.2, 0.25) is 0 Å². The molecule has 0 aliphatic heterocycles. The molecule has 0 fully saturated rings. The third kappa shape index (κ3) is 5.75. The maximum Gasteiger partial charge on any atom is 0.0843 e. The van der Waals surface area contributed by atoms with E-state index in [9.17, 15) is 5.11 Å². The van der Waals surface area contributed by atoms with Gasteiger partial charge in [0.15, 0.2) is 0 Å². The second-order valence-electron chi connectivity index (χ2n) is 6.08. The first kappa shape index (κ1) is 16.2. The summed E-state index contributed by atoms with van der Waals surface area (Å²) < 4.78 is 0. The Balaban J connectivity index is 2.53. The van der Waals surface area contributed by atoms with Crippen molar-refractivity contribution in [1.82, 2.24) is 0 Å². The first-order chi connectivity index (χ1) is 8.95. The molecule has 19 heavy (non-hydrogen) atoms. The fraction of sp³-hybridized carbons (Fsp3) is 0.647. The van der Waals surface area contributed by atoms with Gasteiger partial charge in [-0.2, -0.15) is 0 Å². The molecular weight excluding hydrogens is 236 g/mol. The summed E-state index contributed by atoms with van der Waals surface area (Å²) in [5.74, 6) is 0.668. The van der Waals surface area contributed by atoms with E-state index in [1.54, 1.807) is 0 Å². The number of aliphatic hydroxyl groups is 2. The van der Waals surface area contributed by atoms with E-state index in [1.807, 2.05) is 32.0 Å².